The second-order valence-electron chi connectivity index (χ2n) is 4.48. The summed E-state index contributed by atoms with van der Waals surface area (Å²) in [5.74, 6) is 0.219. The van der Waals surface area contributed by atoms with Crippen molar-refractivity contribution >= 4 is 33.0 Å². The predicted octanol–water partition coefficient (Wildman–Crippen LogP) is 3.04. The van der Waals surface area contributed by atoms with E-state index in [1.54, 1.807) is 31.2 Å². The van der Waals surface area contributed by atoms with Crippen molar-refractivity contribution < 1.29 is 13.2 Å². The summed E-state index contributed by atoms with van der Waals surface area (Å²) in [5, 5.41) is 0.442. The predicted molar refractivity (Wildman–Crippen MR) is 84.4 cm³/mol. The minimum atomic E-state index is -3.83. The molecule has 0 bridgehead atoms. The summed E-state index contributed by atoms with van der Waals surface area (Å²) in [4.78, 5) is -0.0237. The smallest absolute Gasteiger partial charge is 0.265 e. The standard InChI is InChI=1S/C14H15ClN2O3S/c1-9-3-4-10(15)7-12(9)17-21(18,19)14-8-11(16)5-6-13(14)20-2/h3-8,17H,16H2,1-2H3. The zero-order valence-electron chi connectivity index (χ0n) is 11.6. The van der Waals surface area contributed by atoms with Gasteiger partial charge in [0.2, 0.25) is 0 Å². The molecule has 0 heterocycles. The Labute approximate surface area is 128 Å². The first-order valence-electron chi connectivity index (χ1n) is 6.06. The van der Waals surface area contributed by atoms with E-state index in [1.165, 1.54) is 19.2 Å². The first-order valence-corrected chi connectivity index (χ1v) is 7.92. The summed E-state index contributed by atoms with van der Waals surface area (Å²) in [5.41, 5.74) is 7.15. The van der Waals surface area contributed by atoms with E-state index in [0.29, 0.717) is 16.4 Å². The molecule has 5 nitrogen and oxygen atoms in total. The summed E-state index contributed by atoms with van der Waals surface area (Å²) in [6, 6.07) is 9.40. The Balaban J connectivity index is 2.48. The number of methoxy groups -OCH3 is 1. The second-order valence-corrected chi connectivity index (χ2v) is 6.56. The highest BCUT2D eigenvalue weighted by atomic mass is 35.5. The fraction of sp³-hybridized carbons (Fsp3) is 0.143. The third kappa shape index (κ3) is 3.40. The SMILES string of the molecule is COc1ccc(N)cc1S(=O)(=O)Nc1cc(Cl)ccc1C. The molecule has 0 fully saturated rings. The Morgan fingerprint density at radius 1 is 1.19 bits per heavy atom. The minimum Gasteiger partial charge on any atom is -0.495 e. The number of benzene rings is 2. The third-order valence-corrected chi connectivity index (χ3v) is 4.54. The van der Waals surface area contributed by atoms with Gasteiger partial charge in [0.1, 0.15) is 10.6 Å². The molecular weight excluding hydrogens is 312 g/mol. The summed E-state index contributed by atoms with van der Waals surface area (Å²) in [6.45, 7) is 1.78. The van der Waals surface area contributed by atoms with Gasteiger partial charge in [-0.2, -0.15) is 0 Å². The maximum atomic E-state index is 12.5. The number of nitrogens with one attached hydrogen (secondary N) is 1. The maximum absolute atomic E-state index is 12.5. The average molecular weight is 327 g/mol. The lowest BCUT2D eigenvalue weighted by molar-refractivity contribution is 0.403. The van der Waals surface area contributed by atoms with Gasteiger partial charge in [-0.1, -0.05) is 17.7 Å². The fourth-order valence-electron chi connectivity index (χ4n) is 1.81. The number of halogens is 1. The Morgan fingerprint density at radius 3 is 2.57 bits per heavy atom. The van der Waals surface area contributed by atoms with Gasteiger partial charge in [0.25, 0.3) is 10.0 Å². The quantitative estimate of drug-likeness (QED) is 0.846. The molecule has 0 unspecified atom stereocenters. The molecular formula is C14H15ClN2O3S. The van der Waals surface area contributed by atoms with Crippen LogP contribution in [0, 0.1) is 6.92 Å². The number of aryl methyl sites for hydroxylation is 1. The van der Waals surface area contributed by atoms with Crippen molar-refractivity contribution in [3.8, 4) is 5.75 Å². The van der Waals surface area contributed by atoms with E-state index in [4.69, 9.17) is 22.1 Å². The van der Waals surface area contributed by atoms with Gasteiger partial charge in [0.05, 0.1) is 12.8 Å². The van der Waals surface area contributed by atoms with E-state index >= 15 is 0 Å². The lowest BCUT2D eigenvalue weighted by Crippen LogP contribution is -2.15. The Hall–Kier alpha value is -1.92. The van der Waals surface area contributed by atoms with Gasteiger partial charge in [-0.15, -0.1) is 0 Å². The number of anilines is 2. The molecule has 21 heavy (non-hydrogen) atoms. The Morgan fingerprint density at radius 2 is 1.90 bits per heavy atom. The highest BCUT2D eigenvalue weighted by Crippen LogP contribution is 2.29. The van der Waals surface area contributed by atoms with Crippen LogP contribution in [-0.2, 0) is 10.0 Å². The zero-order chi connectivity index (χ0) is 15.6. The molecule has 0 spiro atoms. The largest absolute Gasteiger partial charge is 0.495 e. The average Bonchev–Trinajstić information content (AvgIpc) is 2.42. The molecule has 0 aliphatic carbocycles. The maximum Gasteiger partial charge on any atom is 0.265 e. The topological polar surface area (TPSA) is 81.4 Å². The minimum absolute atomic E-state index is 0.0237. The van der Waals surface area contributed by atoms with E-state index in [1.807, 2.05) is 0 Å². The molecule has 2 aromatic carbocycles. The van der Waals surface area contributed by atoms with E-state index in [-0.39, 0.29) is 10.6 Å². The van der Waals surface area contributed by atoms with Gasteiger partial charge >= 0.3 is 0 Å². The summed E-state index contributed by atoms with van der Waals surface area (Å²) < 4.78 is 32.6. The zero-order valence-corrected chi connectivity index (χ0v) is 13.1. The molecule has 0 aliphatic heterocycles. The monoisotopic (exact) mass is 326 g/mol. The van der Waals surface area contributed by atoms with Crippen LogP contribution in [0.2, 0.25) is 5.02 Å². The van der Waals surface area contributed by atoms with Gasteiger partial charge < -0.3 is 10.5 Å². The number of sulfonamides is 1. The lowest BCUT2D eigenvalue weighted by atomic mass is 10.2. The van der Waals surface area contributed by atoms with E-state index in [0.717, 1.165) is 5.56 Å². The van der Waals surface area contributed by atoms with Crippen LogP contribution in [0.1, 0.15) is 5.56 Å². The molecule has 3 N–H and O–H groups in total. The molecule has 0 radical (unpaired) electrons. The van der Waals surface area contributed by atoms with E-state index < -0.39 is 10.0 Å². The molecule has 0 amide bonds. The summed E-state index contributed by atoms with van der Waals surface area (Å²) in [7, 11) is -2.43. The Kier molecular flexibility index (Phi) is 4.29. The van der Waals surface area contributed by atoms with Crippen LogP contribution < -0.4 is 15.2 Å². The molecule has 0 atom stereocenters. The number of rotatable bonds is 4. The van der Waals surface area contributed by atoms with Crippen LogP contribution in [0.25, 0.3) is 0 Å². The molecule has 0 saturated carbocycles. The molecule has 2 rings (SSSR count). The molecule has 0 aliphatic rings. The molecule has 7 heteroatoms. The van der Waals surface area contributed by atoms with Gasteiger partial charge in [-0.3, -0.25) is 4.72 Å². The molecule has 0 saturated heterocycles. The molecule has 112 valence electrons. The fourth-order valence-corrected chi connectivity index (χ4v) is 3.31. The number of hydrogen-bond acceptors (Lipinski definition) is 4. The second kappa shape index (κ2) is 5.83. The summed E-state index contributed by atoms with van der Waals surface area (Å²) >= 11 is 5.90. The van der Waals surface area contributed by atoms with Crippen molar-refractivity contribution in [1.82, 2.24) is 0 Å². The van der Waals surface area contributed by atoms with Crippen LogP contribution in [0.3, 0.4) is 0 Å². The van der Waals surface area contributed by atoms with E-state index in [2.05, 4.69) is 4.72 Å². The Bertz CT molecular complexity index is 776. The first-order chi connectivity index (χ1) is 9.83. The number of ether oxygens (including phenoxy) is 1. The van der Waals surface area contributed by atoms with Gasteiger partial charge in [0, 0.05) is 10.7 Å². The third-order valence-electron chi connectivity index (χ3n) is 2.92. The molecule has 2 aromatic rings. The number of hydrogen-bond donors (Lipinski definition) is 2. The van der Waals surface area contributed by atoms with Gasteiger partial charge in [-0.25, -0.2) is 8.42 Å². The highest BCUT2D eigenvalue weighted by molar-refractivity contribution is 7.92. The highest BCUT2D eigenvalue weighted by Gasteiger charge is 2.20. The van der Waals surface area contributed by atoms with Gasteiger partial charge in [-0.05, 0) is 42.8 Å². The van der Waals surface area contributed by atoms with Crippen molar-refractivity contribution in [2.75, 3.05) is 17.6 Å². The van der Waals surface area contributed by atoms with Crippen molar-refractivity contribution in [2.24, 2.45) is 0 Å². The van der Waals surface area contributed by atoms with Crippen LogP contribution in [0.4, 0.5) is 11.4 Å². The van der Waals surface area contributed by atoms with Crippen LogP contribution >= 0.6 is 11.6 Å². The lowest BCUT2D eigenvalue weighted by Gasteiger charge is -2.14. The van der Waals surface area contributed by atoms with Crippen molar-refractivity contribution in [3.63, 3.8) is 0 Å². The number of nitrogens with two attached hydrogens (primary N) is 1. The molecule has 0 aromatic heterocycles. The normalized spacial score (nSPS) is 11.2. The van der Waals surface area contributed by atoms with Crippen molar-refractivity contribution in [3.05, 3.63) is 47.0 Å². The number of nitrogen functional groups attached to an aromatic ring is 1. The van der Waals surface area contributed by atoms with Crippen molar-refractivity contribution in [2.45, 2.75) is 11.8 Å². The van der Waals surface area contributed by atoms with Crippen LogP contribution in [0.5, 0.6) is 5.75 Å². The van der Waals surface area contributed by atoms with Crippen molar-refractivity contribution in [1.29, 1.82) is 0 Å². The first kappa shape index (κ1) is 15.5. The van der Waals surface area contributed by atoms with Crippen LogP contribution in [-0.4, -0.2) is 15.5 Å². The van der Waals surface area contributed by atoms with E-state index in [9.17, 15) is 8.42 Å². The van der Waals surface area contributed by atoms with Crippen LogP contribution in [0.15, 0.2) is 41.3 Å². The summed E-state index contributed by atoms with van der Waals surface area (Å²) in [6.07, 6.45) is 0. The van der Waals surface area contributed by atoms with Gasteiger partial charge in [0.15, 0.2) is 0 Å².